The lowest BCUT2D eigenvalue weighted by Crippen LogP contribution is -2.28. The molecule has 1 nitrogen and oxygen atoms in total. The van der Waals surface area contributed by atoms with Crippen LogP contribution < -0.4 is 4.90 Å². The number of fused-ring (bicyclic) bond motifs is 4. The Bertz CT molecular complexity index is 2310. The highest BCUT2D eigenvalue weighted by Crippen LogP contribution is 2.56. The van der Waals surface area contributed by atoms with E-state index in [4.69, 9.17) is 0 Å². The summed E-state index contributed by atoms with van der Waals surface area (Å²) in [6.07, 6.45) is 0. The summed E-state index contributed by atoms with van der Waals surface area (Å²) in [7, 11) is 0. The minimum absolute atomic E-state index is 0.440. The van der Waals surface area contributed by atoms with E-state index in [0.29, 0.717) is 0 Å². The molecule has 0 aromatic heterocycles. The average molecular weight is 612 g/mol. The van der Waals surface area contributed by atoms with Gasteiger partial charge < -0.3 is 4.90 Å². The molecule has 0 atom stereocenters. The number of para-hydroxylation sites is 2. The highest BCUT2D eigenvalue weighted by atomic mass is 15.1. The van der Waals surface area contributed by atoms with Crippen molar-refractivity contribution in [1.82, 2.24) is 0 Å². The van der Waals surface area contributed by atoms with Crippen molar-refractivity contribution in [3.05, 3.63) is 222 Å². The molecule has 8 aromatic carbocycles. The molecule has 9 rings (SSSR count). The Hall–Kier alpha value is -6.18. The second-order valence-corrected chi connectivity index (χ2v) is 12.5. The van der Waals surface area contributed by atoms with Crippen LogP contribution in [-0.2, 0) is 5.41 Å². The summed E-state index contributed by atoms with van der Waals surface area (Å²) in [6, 6.07) is 73.0. The lowest BCUT2D eigenvalue weighted by atomic mass is 9.67. The second kappa shape index (κ2) is 11.6. The molecule has 8 aromatic rings. The van der Waals surface area contributed by atoms with Crippen LogP contribution in [0.15, 0.2) is 200 Å². The Balaban J connectivity index is 1.30. The average Bonchev–Trinajstić information content (AvgIpc) is 3.47. The van der Waals surface area contributed by atoms with Crippen molar-refractivity contribution >= 4 is 27.8 Å². The van der Waals surface area contributed by atoms with Crippen LogP contribution in [0.1, 0.15) is 22.3 Å². The first-order valence-corrected chi connectivity index (χ1v) is 16.6. The Labute approximate surface area is 282 Å². The van der Waals surface area contributed by atoms with Gasteiger partial charge in [-0.25, -0.2) is 0 Å². The van der Waals surface area contributed by atoms with Gasteiger partial charge in [0.2, 0.25) is 0 Å². The van der Waals surface area contributed by atoms with E-state index < -0.39 is 5.41 Å². The van der Waals surface area contributed by atoms with Crippen LogP contribution in [0.4, 0.5) is 17.1 Å². The van der Waals surface area contributed by atoms with Crippen molar-refractivity contribution in [2.24, 2.45) is 0 Å². The van der Waals surface area contributed by atoms with E-state index >= 15 is 0 Å². The summed E-state index contributed by atoms with van der Waals surface area (Å²) in [6.45, 7) is 0. The summed E-state index contributed by atoms with van der Waals surface area (Å²) in [5, 5.41) is 2.42. The predicted octanol–water partition coefficient (Wildman–Crippen LogP) is 12.3. The molecule has 48 heavy (non-hydrogen) atoms. The molecular weight excluding hydrogens is 579 g/mol. The molecular formula is C47H33N. The Kier molecular flexibility index (Phi) is 6.76. The summed E-state index contributed by atoms with van der Waals surface area (Å²) in [5.41, 5.74) is 13.1. The van der Waals surface area contributed by atoms with Crippen LogP contribution in [0.25, 0.3) is 33.0 Å². The van der Waals surface area contributed by atoms with Gasteiger partial charge in [0.15, 0.2) is 0 Å². The zero-order chi connectivity index (χ0) is 31.9. The predicted molar refractivity (Wildman–Crippen MR) is 201 cm³/mol. The van der Waals surface area contributed by atoms with Gasteiger partial charge in [-0.3, -0.25) is 0 Å². The van der Waals surface area contributed by atoms with Crippen molar-refractivity contribution in [2.45, 2.75) is 5.41 Å². The molecule has 0 amide bonds. The number of anilines is 3. The Morgan fingerprint density at radius 3 is 1.52 bits per heavy atom. The fourth-order valence-corrected chi connectivity index (χ4v) is 7.87. The van der Waals surface area contributed by atoms with E-state index in [9.17, 15) is 0 Å². The van der Waals surface area contributed by atoms with Gasteiger partial charge in [-0.05, 0) is 92.4 Å². The van der Waals surface area contributed by atoms with Gasteiger partial charge in [0.25, 0.3) is 0 Å². The van der Waals surface area contributed by atoms with Gasteiger partial charge >= 0.3 is 0 Å². The summed E-state index contributed by atoms with van der Waals surface area (Å²) in [5.74, 6) is 0. The largest absolute Gasteiger partial charge is 0.310 e. The third-order valence-corrected chi connectivity index (χ3v) is 9.90. The minimum Gasteiger partial charge on any atom is -0.310 e. The lowest BCUT2D eigenvalue weighted by Gasteiger charge is -2.34. The molecule has 0 N–H and O–H groups in total. The molecule has 0 saturated heterocycles. The number of nitrogens with zero attached hydrogens (tertiary/aromatic N) is 1. The van der Waals surface area contributed by atoms with Crippen molar-refractivity contribution in [3.8, 4) is 22.3 Å². The maximum atomic E-state index is 2.43. The fourth-order valence-electron chi connectivity index (χ4n) is 7.87. The maximum Gasteiger partial charge on any atom is 0.0713 e. The first kappa shape index (κ1) is 28.1. The van der Waals surface area contributed by atoms with Crippen LogP contribution in [0.3, 0.4) is 0 Å². The van der Waals surface area contributed by atoms with Crippen molar-refractivity contribution in [1.29, 1.82) is 0 Å². The fraction of sp³-hybridized carbons (Fsp3) is 0.0213. The van der Waals surface area contributed by atoms with Gasteiger partial charge in [-0.2, -0.15) is 0 Å². The monoisotopic (exact) mass is 611 g/mol. The van der Waals surface area contributed by atoms with Gasteiger partial charge in [-0.15, -0.1) is 0 Å². The Morgan fingerprint density at radius 2 is 0.875 bits per heavy atom. The first-order chi connectivity index (χ1) is 23.8. The topological polar surface area (TPSA) is 3.24 Å². The van der Waals surface area contributed by atoms with E-state index in [1.54, 1.807) is 0 Å². The molecule has 0 radical (unpaired) electrons. The van der Waals surface area contributed by atoms with Crippen LogP contribution in [-0.4, -0.2) is 0 Å². The zero-order valence-corrected chi connectivity index (χ0v) is 26.5. The smallest absolute Gasteiger partial charge is 0.0713 e. The molecule has 0 aliphatic heterocycles. The molecule has 0 spiro atoms. The lowest BCUT2D eigenvalue weighted by molar-refractivity contribution is 0.769. The maximum absolute atomic E-state index is 2.43. The van der Waals surface area contributed by atoms with Crippen molar-refractivity contribution < 1.29 is 0 Å². The minimum atomic E-state index is -0.440. The van der Waals surface area contributed by atoms with E-state index in [-0.39, 0.29) is 0 Å². The number of hydrogen-bond acceptors (Lipinski definition) is 1. The molecule has 0 fully saturated rings. The normalized spacial score (nSPS) is 12.8. The van der Waals surface area contributed by atoms with Gasteiger partial charge in [0.1, 0.15) is 0 Å². The SMILES string of the molecule is c1ccc(N(c2ccccc2)c2cc(-c3cccc(C4(c5ccccc5)c5ccccc5-c5ccccc54)c3)cc3ccccc23)cc1. The van der Waals surface area contributed by atoms with Crippen molar-refractivity contribution in [3.63, 3.8) is 0 Å². The summed E-state index contributed by atoms with van der Waals surface area (Å²) >= 11 is 0. The third kappa shape index (κ3) is 4.40. The van der Waals surface area contributed by atoms with Gasteiger partial charge in [0.05, 0.1) is 11.1 Å². The molecule has 0 heterocycles. The first-order valence-electron chi connectivity index (χ1n) is 16.6. The quantitative estimate of drug-likeness (QED) is 0.181. The highest BCUT2D eigenvalue weighted by Gasteiger charge is 2.45. The molecule has 1 aliphatic rings. The summed E-state index contributed by atoms with van der Waals surface area (Å²) < 4.78 is 0. The van der Waals surface area contributed by atoms with Gasteiger partial charge in [-0.1, -0.05) is 158 Å². The van der Waals surface area contributed by atoms with Gasteiger partial charge in [0, 0.05) is 16.8 Å². The van der Waals surface area contributed by atoms with E-state index in [1.165, 1.54) is 55.3 Å². The van der Waals surface area contributed by atoms with E-state index in [0.717, 1.165) is 17.1 Å². The zero-order valence-electron chi connectivity index (χ0n) is 26.5. The molecule has 0 unspecified atom stereocenters. The van der Waals surface area contributed by atoms with Crippen LogP contribution in [0.2, 0.25) is 0 Å². The number of hydrogen-bond donors (Lipinski definition) is 0. The van der Waals surface area contributed by atoms with Crippen molar-refractivity contribution in [2.75, 3.05) is 4.90 Å². The van der Waals surface area contributed by atoms with Crippen LogP contribution in [0, 0.1) is 0 Å². The molecule has 0 saturated carbocycles. The second-order valence-electron chi connectivity index (χ2n) is 12.5. The molecule has 226 valence electrons. The van der Waals surface area contributed by atoms with E-state index in [2.05, 4.69) is 205 Å². The molecule has 1 heteroatoms. The standard InChI is InChI=1S/C47H33N/c1-4-19-37(20-5-1)47(44-29-14-12-27-42(44)43-28-13-15-30-45(43)47)38-21-16-18-34(32-38)36-31-35-17-10-11-26-41(35)46(33-36)48(39-22-6-2-7-23-39)40-24-8-3-9-25-40/h1-33H. The number of rotatable bonds is 6. The highest BCUT2D eigenvalue weighted by molar-refractivity contribution is 6.02. The Morgan fingerprint density at radius 1 is 0.354 bits per heavy atom. The van der Waals surface area contributed by atoms with E-state index in [1.807, 2.05) is 0 Å². The molecule has 0 bridgehead atoms. The summed E-state index contributed by atoms with van der Waals surface area (Å²) in [4.78, 5) is 2.38. The van der Waals surface area contributed by atoms with Crippen LogP contribution in [0.5, 0.6) is 0 Å². The van der Waals surface area contributed by atoms with Crippen LogP contribution >= 0.6 is 0 Å². The number of benzene rings is 8. The third-order valence-electron chi connectivity index (χ3n) is 9.90. The molecule has 1 aliphatic carbocycles.